The first-order valence-electron chi connectivity index (χ1n) is 6.64. The first kappa shape index (κ1) is 16.9. The Balaban J connectivity index is 4.42. The van der Waals surface area contributed by atoms with Gasteiger partial charge in [0.1, 0.15) is 5.60 Å². The zero-order valence-corrected chi connectivity index (χ0v) is 12.8. The number of hydrogen-bond donors (Lipinski definition) is 1. The fourth-order valence-electron chi connectivity index (χ4n) is 1.54. The molecular weight excluding hydrogens is 228 g/mol. The topological polar surface area (TPSA) is 50.7 Å². The van der Waals surface area contributed by atoms with Gasteiger partial charge in [-0.05, 0) is 45.4 Å². The van der Waals surface area contributed by atoms with E-state index in [4.69, 9.17) is 4.74 Å². The van der Waals surface area contributed by atoms with Gasteiger partial charge in [0.2, 0.25) is 0 Å². The number of hydrogen-bond acceptors (Lipinski definition) is 3. The van der Waals surface area contributed by atoms with Crippen LogP contribution in [0.2, 0.25) is 0 Å². The van der Waals surface area contributed by atoms with E-state index in [0.717, 1.165) is 18.6 Å². The molecule has 4 nitrogen and oxygen atoms in total. The molecule has 0 rings (SSSR count). The number of nitrogens with zero attached hydrogens (tertiary/aromatic N) is 1. The molecule has 4 heteroatoms. The van der Waals surface area contributed by atoms with Gasteiger partial charge >= 0.3 is 6.09 Å². The standard InChI is InChI=1S/C14H28N2O2/c1-10(2)8-12(9-11(3)4)15-16-13(17)18-14(5,6)7/h10-11H,8-9H2,1-7H3,(H,16,17). The van der Waals surface area contributed by atoms with E-state index in [1.165, 1.54) is 0 Å². The number of carbonyl (C=O) groups is 1. The first-order valence-corrected chi connectivity index (χ1v) is 6.64. The van der Waals surface area contributed by atoms with Crippen molar-refractivity contribution in [2.24, 2.45) is 16.9 Å². The smallest absolute Gasteiger partial charge is 0.428 e. The first-order chi connectivity index (χ1) is 8.10. The van der Waals surface area contributed by atoms with Crippen molar-refractivity contribution in [3.63, 3.8) is 0 Å². The molecule has 0 aliphatic rings. The van der Waals surface area contributed by atoms with Crippen molar-refractivity contribution < 1.29 is 9.53 Å². The second-order valence-electron chi connectivity index (χ2n) is 6.49. The SMILES string of the molecule is CC(C)CC(CC(C)C)=NNC(=O)OC(C)(C)C. The number of ether oxygens (including phenoxy) is 1. The van der Waals surface area contributed by atoms with Gasteiger partial charge in [-0.15, -0.1) is 0 Å². The second-order valence-corrected chi connectivity index (χ2v) is 6.49. The van der Waals surface area contributed by atoms with E-state index in [-0.39, 0.29) is 0 Å². The highest BCUT2D eigenvalue weighted by Gasteiger charge is 2.16. The summed E-state index contributed by atoms with van der Waals surface area (Å²) in [6, 6.07) is 0. The maximum absolute atomic E-state index is 11.5. The summed E-state index contributed by atoms with van der Waals surface area (Å²) in [6.45, 7) is 14.1. The van der Waals surface area contributed by atoms with E-state index in [1.54, 1.807) is 0 Å². The van der Waals surface area contributed by atoms with Gasteiger partial charge in [0, 0.05) is 5.71 Å². The predicted molar refractivity (Wildman–Crippen MR) is 75.7 cm³/mol. The Kier molecular flexibility index (Phi) is 6.96. The van der Waals surface area contributed by atoms with Crippen LogP contribution in [0.15, 0.2) is 5.10 Å². The van der Waals surface area contributed by atoms with Crippen molar-refractivity contribution in [3.8, 4) is 0 Å². The second kappa shape index (κ2) is 7.39. The summed E-state index contributed by atoms with van der Waals surface area (Å²) >= 11 is 0. The third-order valence-electron chi connectivity index (χ3n) is 1.99. The summed E-state index contributed by atoms with van der Waals surface area (Å²) in [6.07, 6.45) is 1.30. The lowest BCUT2D eigenvalue weighted by atomic mass is 9.99. The van der Waals surface area contributed by atoms with E-state index in [1.807, 2.05) is 20.8 Å². The summed E-state index contributed by atoms with van der Waals surface area (Å²) in [4.78, 5) is 11.5. The highest BCUT2D eigenvalue weighted by Crippen LogP contribution is 2.10. The molecule has 0 spiro atoms. The minimum Gasteiger partial charge on any atom is -0.443 e. The Bertz CT molecular complexity index is 277. The van der Waals surface area contributed by atoms with E-state index in [9.17, 15) is 4.79 Å². The number of hydrazone groups is 1. The minimum atomic E-state index is -0.493. The van der Waals surface area contributed by atoms with Gasteiger partial charge in [0.25, 0.3) is 0 Å². The highest BCUT2D eigenvalue weighted by molar-refractivity contribution is 5.85. The van der Waals surface area contributed by atoms with Gasteiger partial charge < -0.3 is 4.74 Å². The van der Waals surface area contributed by atoms with Gasteiger partial charge in [-0.3, -0.25) is 0 Å². The van der Waals surface area contributed by atoms with Crippen molar-refractivity contribution in [2.45, 2.75) is 66.9 Å². The Labute approximate surface area is 111 Å². The van der Waals surface area contributed by atoms with Crippen molar-refractivity contribution in [2.75, 3.05) is 0 Å². The molecule has 0 heterocycles. The van der Waals surface area contributed by atoms with Crippen LogP contribution in [0.3, 0.4) is 0 Å². The Hall–Kier alpha value is -1.06. The molecule has 0 bridgehead atoms. The lowest BCUT2D eigenvalue weighted by Gasteiger charge is -2.19. The summed E-state index contributed by atoms with van der Waals surface area (Å²) < 4.78 is 5.14. The van der Waals surface area contributed by atoms with E-state index >= 15 is 0 Å². The summed E-state index contributed by atoms with van der Waals surface area (Å²) in [5.41, 5.74) is 3.01. The molecule has 0 aromatic heterocycles. The Morgan fingerprint density at radius 1 is 1.11 bits per heavy atom. The molecule has 0 saturated heterocycles. The van der Waals surface area contributed by atoms with E-state index < -0.39 is 11.7 Å². The number of carbonyl (C=O) groups excluding carboxylic acids is 1. The summed E-state index contributed by atoms with van der Waals surface area (Å²) in [5.74, 6) is 1.06. The van der Waals surface area contributed by atoms with E-state index in [2.05, 4.69) is 38.2 Å². The molecule has 106 valence electrons. The minimum absolute atomic E-state index is 0.490. The van der Waals surface area contributed by atoms with Crippen LogP contribution >= 0.6 is 0 Å². The van der Waals surface area contributed by atoms with Crippen molar-refractivity contribution >= 4 is 11.8 Å². The quantitative estimate of drug-likeness (QED) is 0.598. The Morgan fingerprint density at radius 2 is 1.56 bits per heavy atom. The monoisotopic (exact) mass is 256 g/mol. The van der Waals surface area contributed by atoms with Gasteiger partial charge in [-0.1, -0.05) is 27.7 Å². The van der Waals surface area contributed by atoms with Crippen LogP contribution in [0.25, 0.3) is 0 Å². The molecule has 1 amide bonds. The summed E-state index contributed by atoms with van der Waals surface area (Å²) in [5, 5.41) is 4.18. The molecular formula is C14H28N2O2. The molecule has 0 aromatic carbocycles. The van der Waals surface area contributed by atoms with Crippen molar-refractivity contribution in [3.05, 3.63) is 0 Å². The Morgan fingerprint density at radius 3 is 1.89 bits per heavy atom. The highest BCUT2D eigenvalue weighted by atomic mass is 16.6. The number of rotatable bonds is 5. The maximum atomic E-state index is 11.5. The molecule has 0 aliphatic heterocycles. The van der Waals surface area contributed by atoms with Gasteiger partial charge in [-0.25, -0.2) is 10.2 Å². The van der Waals surface area contributed by atoms with Crippen LogP contribution in [-0.4, -0.2) is 17.4 Å². The van der Waals surface area contributed by atoms with Crippen molar-refractivity contribution in [1.29, 1.82) is 0 Å². The third-order valence-corrected chi connectivity index (χ3v) is 1.99. The zero-order valence-electron chi connectivity index (χ0n) is 12.8. The van der Waals surface area contributed by atoms with Crippen LogP contribution in [0, 0.1) is 11.8 Å². The lowest BCUT2D eigenvalue weighted by Crippen LogP contribution is -2.30. The van der Waals surface area contributed by atoms with Crippen LogP contribution < -0.4 is 5.43 Å². The molecule has 0 aliphatic carbocycles. The molecule has 0 saturated carbocycles. The molecule has 18 heavy (non-hydrogen) atoms. The van der Waals surface area contributed by atoms with E-state index in [0.29, 0.717) is 11.8 Å². The third kappa shape index (κ3) is 10.1. The maximum Gasteiger partial charge on any atom is 0.428 e. The van der Waals surface area contributed by atoms with Crippen LogP contribution in [0.5, 0.6) is 0 Å². The molecule has 0 atom stereocenters. The predicted octanol–water partition coefficient (Wildman–Crippen LogP) is 3.96. The average molecular weight is 256 g/mol. The number of amides is 1. The molecule has 0 fully saturated rings. The van der Waals surface area contributed by atoms with Crippen molar-refractivity contribution in [1.82, 2.24) is 5.43 Å². The van der Waals surface area contributed by atoms with Gasteiger partial charge in [0.15, 0.2) is 0 Å². The van der Waals surface area contributed by atoms with Crippen LogP contribution in [0.1, 0.15) is 61.3 Å². The largest absolute Gasteiger partial charge is 0.443 e. The average Bonchev–Trinajstić information content (AvgIpc) is 2.09. The van der Waals surface area contributed by atoms with Gasteiger partial charge in [-0.2, -0.15) is 5.10 Å². The molecule has 0 radical (unpaired) electrons. The van der Waals surface area contributed by atoms with Crippen LogP contribution in [-0.2, 0) is 4.74 Å². The fraction of sp³-hybridized carbons (Fsp3) is 0.857. The molecule has 0 aromatic rings. The molecule has 0 unspecified atom stereocenters. The number of nitrogens with one attached hydrogen (secondary N) is 1. The molecule has 1 N–H and O–H groups in total. The fourth-order valence-corrected chi connectivity index (χ4v) is 1.54. The normalized spacial score (nSPS) is 11.6. The summed E-state index contributed by atoms with van der Waals surface area (Å²) in [7, 11) is 0. The van der Waals surface area contributed by atoms with Crippen LogP contribution in [0.4, 0.5) is 4.79 Å². The lowest BCUT2D eigenvalue weighted by molar-refractivity contribution is 0.0529. The zero-order chi connectivity index (χ0) is 14.3. The van der Waals surface area contributed by atoms with Gasteiger partial charge in [0.05, 0.1) is 0 Å².